The number of rotatable bonds is 7. The Kier molecular flexibility index (Phi) is 6.88. The third-order valence-corrected chi connectivity index (χ3v) is 7.50. The van der Waals surface area contributed by atoms with Crippen molar-refractivity contribution in [2.75, 3.05) is 43.5 Å². The minimum absolute atomic E-state index is 0.00759. The largest absolute Gasteiger partial charge is 0.381 e. The van der Waals surface area contributed by atoms with Crippen molar-refractivity contribution >= 4 is 17.4 Å². The number of hydrogen-bond donors (Lipinski definition) is 2. The van der Waals surface area contributed by atoms with Gasteiger partial charge in [-0.15, -0.1) is 10.2 Å². The molecule has 5 rings (SSSR count). The van der Waals surface area contributed by atoms with Crippen molar-refractivity contribution in [1.29, 1.82) is 0 Å². The molecule has 0 spiro atoms. The van der Waals surface area contributed by atoms with Gasteiger partial charge in [0.15, 0.2) is 0 Å². The molecule has 0 bridgehead atoms. The van der Waals surface area contributed by atoms with E-state index < -0.39 is 0 Å². The van der Waals surface area contributed by atoms with Gasteiger partial charge in [0.1, 0.15) is 5.82 Å². The van der Waals surface area contributed by atoms with Gasteiger partial charge in [0, 0.05) is 50.9 Å². The Balaban J connectivity index is 1.15. The summed E-state index contributed by atoms with van der Waals surface area (Å²) in [7, 11) is 0. The van der Waals surface area contributed by atoms with E-state index in [4.69, 9.17) is 4.74 Å². The highest BCUT2D eigenvalue weighted by atomic mass is 16.5. The average Bonchev–Trinajstić information content (AvgIpc) is 3.38. The number of benzene rings is 1. The number of nitrogens with one attached hydrogen (secondary N) is 2. The molecule has 2 saturated heterocycles. The van der Waals surface area contributed by atoms with Gasteiger partial charge in [-0.2, -0.15) is 0 Å². The first-order valence-corrected chi connectivity index (χ1v) is 12.5. The Morgan fingerprint density at radius 3 is 2.52 bits per heavy atom. The molecule has 7 heteroatoms. The summed E-state index contributed by atoms with van der Waals surface area (Å²) in [5, 5.41) is 15.5. The van der Waals surface area contributed by atoms with E-state index in [0.717, 1.165) is 53.7 Å². The lowest BCUT2D eigenvalue weighted by Gasteiger charge is -2.27. The molecule has 1 aromatic carbocycles. The number of para-hydroxylation sites is 1. The van der Waals surface area contributed by atoms with Crippen LogP contribution in [0.3, 0.4) is 0 Å². The van der Waals surface area contributed by atoms with Crippen LogP contribution in [-0.2, 0) is 9.53 Å². The maximum atomic E-state index is 11.8. The van der Waals surface area contributed by atoms with Crippen molar-refractivity contribution in [1.82, 2.24) is 15.1 Å². The normalized spacial score (nSPS) is 25.7. The smallest absolute Gasteiger partial charge is 0.224 e. The van der Waals surface area contributed by atoms with Crippen LogP contribution in [0, 0.1) is 17.8 Å². The van der Waals surface area contributed by atoms with E-state index >= 15 is 0 Å². The average molecular weight is 450 g/mol. The highest BCUT2D eigenvalue weighted by Crippen LogP contribution is 2.39. The SMILES string of the molecule is CCC(=O)Nc1ccccc1-c1ccc(NC2C[C@@H]3CN(CC4CCOCC4)C[C@@H]3C2)nn1. The van der Waals surface area contributed by atoms with E-state index in [1.807, 2.05) is 43.3 Å². The van der Waals surface area contributed by atoms with Crippen molar-refractivity contribution in [3.8, 4) is 11.3 Å². The summed E-state index contributed by atoms with van der Waals surface area (Å²) in [4.78, 5) is 14.5. The molecule has 3 fully saturated rings. The lowest BCUT2D eigenvalue weighted by Crippen LogP contribution is -2.32. The molecule has 3 atom stereocenters. The van der Waals surface area contributed by atoms with Crippen LogP contribution in [0.1, 0.15) is 39.0 Å². The molecule has 0 radical (unpaired) electrons. The second kappa shape index (κ2) is 10.2. The van der Waals surface area contributed by atoms with Crippen LogP contribution >= 0.6 is 0 Å². The summed E-state index contributed by atoms with van der Waals surface area (Å²) in [6, 6.07) is 12.2. The minimum Gasteiger partial charge on any atom is -0.381 e. The van der Waals surface area contributed by atoms with E-state index in [1.165, 1.54) is 45.3 Å². The number of carbonyl (C=O) groups is 1. The van der Waals surface area contributed by atoms with E-state index in [2.05, 4.69) is 25.7 Å². The highest BCUT2D eigenvalue weighted by molar-refractivity contribution is 5.94. The van der Waals surface area contributed by atoms with Crippen molar-refractivity contribution < 1.29 is 9.53 Å². The molecule has 1 aliphatic carbocycles. The van der Waals surface area contributed by atoms with E-state index in [0.29, 0.717) is 12.5 Å². The number of nitrogens with zero attached hydrogens (tertiary/aromatic N) is 3. The lowest BCUT2D eigenvalue weighted by molar-refractivity contribution is -0.115. The van der Waals surface area contributed by atoms with Gasteiger partial charge in [0.05, 0.1) is 11.4 Å². The number of carbonyl (C=O) groups excluding carboxylic acids is 1. The third kappa shape index (κ3) is 5.36. The van der Waals surface area contributed by atoms with Gasteiger partial charge in [-0.3, -0.25) is 4.79 Å². The molecule has 7 nitrogen and oxygen atoms in total. The summed E-state index contributed by atoms with van der Waals surface area (Å²) in [5.41, 5.74) is 2.42. The van der Waals surface area contributed by atoms with E-state index in [9.17, 15) is 4.79 Å². The first kappa shape index (κ1) is 22.3. The van der Waals surface area contributed by atoms with Gasteiger partial charge in [-0.1, -0.05) is 25.1 Å². The monoisotopic (exact) mass is 449 g/mol. The zero-order valence-corrected chi connectivity index (χ0v) is 19.5. The van der Waals surface area contributed by atoms with Crippen LogP contribution in [0.25, 0.3) is 11.3 Å². The van der Waals surface area contributed by atoms with Crippen molar-refractivity contribution in [3.63, 3.8) is 0 Å². The summed E-state index contributed by atoms with van der Waals surface area (Å²) >= 11 is 0. The molecule has 2 aliphatic heterocycles. The van der Waals surface area contributed by atoms with Gasteiger partial charge < -0.3 is 20.3 Å². The predicted octanol–water partition coefficient (Wildman–Crippen LogP) is 4.04. The number of fused-ring (bicyclic) bond motifs is 1. The molecule has 2 aromatic rings. The second-order valence-electron chi connectivity index (χ2n) is 9.86. The summed E-state index contributed by atoms with van der Waals surface area (Å²) in [6.07, 6.45) is 5.31. The number of aromatic nitrogens is 2. The zero-order chi connectivity index (χ0) is 22.6. The van der Waals surface area contributed by atoms with Crippen molar-refractivity contribution in [2.24, 2.45) is 17.8 Å². The molecular formula is C26H35N5O2. The van der Waals surface area contributed by atoms with E-state index in [1.54, 1.807) is 0 Å². The summed E-state index contributed by atoms with van der Waals surface area (Å²) < 4.78 is 5.51. The highest BCUT2D eigenvalue weighted by Gasteiger charge is 2.41. The summed E-state index contributed by atoms with van der Waals surface area (Å²) in [5.74, 6) is 3.23. The van der Waals surface area contributed by atoms with E-state index in [-0.39, 0.29) is 5.91 Å². The zero-order valence-electron chi connectivity index (χ0n) is 19.5. The Hall–Kier alpha value is -2.51. The second-order valence-corrected chi connectivity index (χ2v) is 9.86. The van der Waals surface area contributed by atoms with Gasteiger partial charge in [0.25, 0.3) is 0 Å². The fraction of sp³-hybridized carbons (Fsp3) is 0.577. The van der Waals surface area contributed by atoms with Crippen molar-refractivity contribution in [3.05, 3.63) is 36.4 Å². The molecule has 1 amide bonds. The van der Waals surface area contributed by atoms with Crippen LogP contribution in [-0.4, -0.2) is 59.9 Å². The van der Waals surface area contributed by atoms with Crippen LogP contribution in [0.15, 0.2) is 36.4 Å². The molecule has 1 saturated carbocycles. The molecule has 176 valence electrons. The van der Waals surface area contributed by atoms with Crippen LogP contribution < -0.4 is 10.6 Å². The fourth-order valence-corrected chi connectivity index (χ4v) is 5.77. The number of hydrogen-bond acceptors (Lipinski definition) is 6. The van der Waals surface area contributed by atoms with Gasteiger partial charge in [0.2, 0.25) is 5.91 Å². The Bertz CT molecular complexity index is 930. The molecular weight excluding hydrogens is 414 g/mol. The molecule has 2 N–H and O–H groups in total. The van der Waals surface area contributed by atoms with Gasteiger partial charge in [-0.25, -0.2) is 0 Å². The number of ether oxygens (including phenoxy) is 1. The van der Waals surface area contributed by atoms with Crippen LogP contribution in [0.2, 0.25) is 0 Å². The molecule has 3 heterocycles. The molecule has 33 heavy (non-hydrogen) atoms. The predicted molar refractivity (Wildman–Crippen MR) is 130 cm³/mol. The quantitative estimate of drug-likeness (QED) is 0.664. The molecule has 1 unspecified atom stereocenters. The fourth-order valence-electron chi connectivity index (χ4n) is 5.77. The topological polar surface area (TPSA) is 79.4 Å². The maximum Gasteiger partial charge on any atom is 0.224 e. The number of likely N-dealkylation sites (tertiary alicyclic amines) is 1. The standard InChI is InChI=1S/C26H35N5O2/c1-2-26(32)28-23-6-4-3-5-22(23)24-7-8-25(30-29-24)27-21-13-19-16-31(17-20(19)14-21)15-18-9-11-33-12-10-18/h3-8,18-21H,2,9-17H2,1H3,(H,27,30)(H,28,32)/t19-,20+,21?. The first-order chi connectivity index (χ1) is 16.2. The third-order valence-electron chi connectivity index (χ3n) is 7.50. The first-order valence-electron chi connectivity index (χ1n) is 12.5. The molecule has 3 aliphatic rings. The summed E-state index contributed by atoms with van der Waals surface area (Å²) in [6.45, 7) is 7.46. The molecule has 1 aromatic heterocycles. The Labute approximate surface area is 196 Å². The number of amides is 1. The Morgan fingerprint density at radius 1 is 1.06 bits per heavy atom. The van der Waals surface area contributed by atoms with Gasteiger partial charge in [-0.05, 0) is 61.6 Å². The van der Waals surface area contributed by atoms with Crippen LogP contribution in [0.5, 0.6) is 0 Å². The van der Waals surface area contributed by atoms with Crippen LogP contribution in [0.4, 0.5) is 11.5 Å². The minimum atomic E-state index is -0.00759. The maximum absolute atomic E-state index is 11.8. The number of anilines is 2. The lowest BCUT2D eigenvalue weighted by atomic mass is 10.00. The van der Waals surface area contributed by atoms with Crippen molar-refractivity contribution in [2.45, 2.75) is 45.1 Å². The van der Waals surface area contributed by atoms with Gasteiger partial charge >= 0.3 is 0 Å². The Morgan fingerprint density at radius 2 is 1.82 bits per heavy atom.